The Kier molecular flexibility index (Phi) is 4.66. The predicted molar refractivity (Wildman–Crippen MR) is 98.3 cm³/mol. The molecule has 0 aliphatic rings. The minimum Gasteiger partial charge on any atom is -0.449 e. The number of amides is 1. The van der Waals surface area contributed by atoms with Crippen molar-refractivity contribution in [1.29, 1.82) is 0 Å². The van der Waals surface area contributed by atoms with Crippen LogP contribution in [0.15, 0.2) is 66.7 Å². The highest BCUT2D eigenvalue weighted by atomic mass is 16.5. The summed E-state index contributed by atoms with van der Waals surface area (Å²) in [4.78, 5) is 24.3. The van der Waals surface area contributed by atoms with Crippen molar-refractivity contribution in [3.8, 4) is 0 Å². The second-order valence-electron chi connectivity index (χ2n) is 5.72. The average Bonchev–Trinajstić information content (AvgIpc) is 2.62. The van der Waals surface area contributed by atoms with Gasteiger partial charge in [-0.05, 0) is 54.1 Å². The van der Waals surface area contributed by atoms with Crippen LogP contribution in [0.3, 0.4) is 0 Å². The molecule has 0 bridgehead atoms. The van der Waals surface area contributed by atoms with Gasteiger partial charge in [0.15, 0.2) is 6.10 Å². The fourth-order valence-corrected chi connectivity index (χ4v) is 2.41. The van der Waals surface area contributed by atoms with Gasteiger partial charge in [-0.15, -0.1) is 0 Å². The molecule has 126 valence electrons. The topological polar surface area (TPSA) is 81.4 Å². The zero-order chi connectivity index (χ0) is 17.8. The Bertz CT molecular complexity index is 920. The number of nitrogen functional groups attached to an aromatic ring is 1. The van der Waals surface area contributed by atoms with E-state index in [1.54, 1.807) is 24.3 Å². The number of hydrogen-bond donors (Lipinski definition) is 2. The molecule has 0 heterocycles. The zero-order valence-corrected chi connectivity index (χ0v) is 13.7. The Morgan fingerprint density at radius 3 is 2.36 bits per heavy atom. The fraction of sp³-hybridized carbons (Fsp3) is 0.100. The molecule has 1 atom stereocenters. The van der Waals surface area contributed by atoms with Crippen LogP contribution in [0.2, 0.25) is 0 Å². The fourth-order valence-electron chi connectivity index (χ4n) is 2.41. The SMILES string of the molecule is C[C@H](OC(=O)c1ccc(N)cc1)C(=O)Nc1ccc2ccccc2c1. The van der Waals surface area contributed by atoms with E-state index in [0.717, 1.165) is 10.8 Å². The largest absolute Gasteiger partial charge is 0.449 e. The maximum atomic E-state index is 12.3. The number of carbonyl (C=O) groups is 2. The molecule has 0 unspecified atom stereocenters. The number of rotatable bonds is 4. The van der Waals surface area contributed by atoms with Gasteiger partial charge in [0.1, 0.15) is 0 Å². The number of fused-ring (bicyclic) bond motifs is 1. The quantitative estimate of drug-likeness (QED) is 0.564. The molecule has 0 saturated carbocycles. The average molecular weight is 334 g/mol. The third kappa shape index (κ3) is 3.95. The summed E-state index contributed by atoms with van der Waals surface area (Å²) >= 11 is 0. The van der Waals surface area contributed by atoms with Crippen LogP contribution in [0.25, 0.3) is 10.8 Å². The molecule has 25 heavy (non-hydrogen) atoms. The van der Waals surface area contributed by atoms with Crippen LogP contribution in [0, 0.1) is 0 Å². The Morgan fingerprint density at radius 2 is 1.64 bits per heavy atom. The van der Waals surface area contributed by atoms with E-state index in [0.29, 0.717) is 16.9 Å². The van der Waals surface area contributed by atoms with Crippen LogP contribution < -0.4 is 11.1 Å². The van der Waals surface area contributed by atoms with Crippen molar-refractivity contribution in [1.82, 2.24) is 0 Å². The summed E-state index contributed by atoms with van der Waals surface area (Å²) in [6, 6.07) is 19.8. The standard InChI is InChI=1S/C20H18N2O3/c1-13(25-20(24)15-6-9-17(21)10-7-15)19(23)22-18-11-8-14-4-2-3-5-16(14)12-18/h2-13H,21H2,1H3,(H,22,23)/t13-/m0/s1. The van der Waals surface area contributed by atoms with Gasteiger partial charge in [-0.1, -0.05) is 30.3 Å². The van der Waals surface area contributed by atoms with Crippen molar-refractivity contribution in [2.75, 3.05) is 11.1 Å². The first-order valence-corrected chi connectivity index (χ1v) is 7.89. The number of benzene rings is 3. The lowest BCUT2D eigenvalue weighted by molar-refractivity contribution is -0.123. The van der Waals surface area contributed by atoms with Gasteiger partial charge in [0.25, 0.3) is 5.91 Å². The number of carbonyl (C=O) groups excluding carboxylic acids is 2. The minimum absolute atomic E-state index is 0.347. The number of anilines is 2. The molecule has 3 rings (SSSR count). The lowest BCUT2D eigenvalue weighted by Gasteiger charge is -2.14. The van der Waals surface area contributed by atoms with Crippen molar-refractivity contribution in [2.24, 2.45) is 0 Å². The van der Waals surface area contributed by atoms with E-state index in [9.17, 15) is 9.59 Å². The van der Waals surface area contributed by atoms with Gasteiger partial charge in [0.2, 0.25) is 0 Å². The molecule has 3 aromatic rings. The van der Waals surface area contributed by atoms with Crippen molar-refractivity contribution < 1.29 is 14.3 Å². The molecular weight excluding hydrogens is 316 g/mol. The van der Waals surface area contributed by atoms with E-state index in [2.05, 4.69) is 5.32 Å². The predicted octanol–water partition coefficient (Wildman–Crippen LogP) is 3.61. The molecule has 5 heteroatoms. The normalized spacial score (nSPS) is 11.7. The summed E-state index contributed by atoms with van der Waals surface area (Å²) in [6.07, 6.45) is -0.920. The molecule has 0 spiro atoms. The number of hydrogen-bond acceptors (Lipinski definition) is 4. The second kappa shape index (κ2) is 7.05. The Morgan fingerprint density at radius 1 is 0.960 bits per heavy atom. The van der Waals surface area contributed by atoms with E-state index in [-0.39, 0.29) is 5.91 Å². The first kappa shape index (κ1) is 16.5. The van der Waals surface area contributed by atoms with Crippen LogP contribution in [-0.2, 0) is 9.53 Å². The van der Waals surface area contributed by atoms with Crippen molar-refractivity contribution >= 4 is 34.0 Å². The van der Waals surface area contributed by atoms with Gasteiger partial charge in [0.05, 0.1) is 5.56 Å². The summed E-state index contributed by atoms with van der Waals surface area (Å²) in [6.45, 7) is 1.53. The molecular formula is C20H18N2O3. The molecule has 5 nitrogen and oxygen atoms in total. The molecule has 3 aromatic carbocycles. The Balaban J connectivity index is 1.65. The van der Waals surface area contributed by atoms with Gasteiger partial charge >= 0.3 is 5.97 Å². The zero-order valence-electron chi connectivity index (χ0n) is 13.7. The molecule has 3 N–H and O–H groups in total. The minimum atomic E-state index is -0.920. The maximum Gasteiger partial charge on any atom is 0.338 e. The summed E-state index contributed by atoms with van der Waals surface area (Å²) in [5, 5.41) is 4.87. The first-order chi connectivity index (χ1) is 12.0. The van der Waals surface area contributed by atoms with Gasteiger partial charge in [-0.25, -0.2) is 4.79 Å². The monoisotopic (exact) mass is 334 g/mol. The number of esters is 1. The van der Waals surface area contributed by atoms with Crippen molar-refractivity contribution in [2.45, 2.75) is 13.0 Å². The lowest BCUT2D eigenvalue weighted by Crippen LogP contribution is -2.30. The Hall–Kier alpha value is -3.34. The van der Waals surface area contributed by atoms with Crippen LogP contribution >= 0.6 is 0 Å². The highest BCUT2D eigenvalue weighted by Crippen LogP contribution is 2.19. The highest BCUT2D eigenvalue weighted by Gasteiger charge is 2.19. The first-order valence-electron chi connectivity index (χ1n) is 7.89. The van der Waals surface area contributed by atoms with E-state index in [4.69, 9.17) is 10.5 Å². The Labute approximate surface area is 145 Å². The third-order valence-electron chi connectivity index (χ3n) is 3.82. The van der Waals surface area contributed by atoms with Crippen LogP contribution in [0.4, 0.5) is 11.4 Å². The second-order valence-corrected chi connectivity index (χ2v) is 5.72. The van der Waals surface area contributed by atoms with E-state index >= 15 is 0 Å². The van der Waals surface area contributed by atoms with Gasteiger partial charge in [-0.3, -0.25) is 4.79 Å². The van der Waals surface area contributed by atoms with Gasteiger partial charge in [0, 0.05) is 11.4 Å². The van der Waals surface area contributed by atoms with Crippen molar-refractivity contribution in [3.63, 3.8) is 0 Å². The molecule has 1 amide bonds. The van der Waals surface area contributed by atoms with E-state index in [1.807, 2.05) is 42.5 Å². The summed E-state index contributed by atoms with van der Waals surface area (Å²) in [7, 11) is 0. The van der Waals surface area contributed by atoms with Gasteiger partial charge < -0.3 is 15.8 Å². The van der Waals surface area contributed by atoms with E-state index < -0.39 is 12.1 Å². The number of nitrogens with one attached hydrogen (secondary N) is 1. The summed E-state index contributed by atoms with van der Waals surface area (Å²) < 4.78 is 5.21. The maximum absolute atomic E-state index is 12.3. The molecule has 0 aliphatic heterocycles. The molecule has 0 radical (unpaired) electrons. The summed E-state index contributed by atoms with van der Waals surface area (Å²) in [5.74, 6) is -0.958. The number of nitrogens with two attached hydrogens (primary N) is 1. The summed E-state index contributed by atoms with van der Waals surface area (Å²) in [5.41, 5.74) is 7.14. The molecule has 0 fully saturated rings. The van der Waals surface area contributed by atoms with Crippen LogP contribution in [-0.4, -0.2) is 18.0 Å². The molecule has 0 aromatic heterocycles. The van der Waals surface area contributed by atoms with E-state index in [1.165, 1.54) is 6.92 Å². The van der Waals surface area contributed by atoms with Gasteiger partial charge in [-0.2, -0.15) is 0 Å². The molecule has 0 aliphatic carbocycles. The van der Waals surface area contributed by atoms with Crippen LogP contribution in [0.5, 0.6) is 0 Å². The third-order valence-corrected chi connectivity index (χ3v) is 3.82. The van der Waals surface area contributed by atoms with Crippen molar-refractivity contribution in [3.05, 3.63) is 72.3 Å². The van der Waals surface area contributed by atoms with Crippen LogP contribution in [0.1, 0.15) is 17.3 Å². The highest BCUT2D eigenvalue weighted by molar-refractivity contribution is 5.99. The smallest absolute Gasteiger partial charge is 0.338 e. The lowest BCUT2D eigenvalue weighted by atomic mass is 10.1. The number of ether oxygens (including phenoxy) is 1. The molecule has 0 saturated heterocycles.